The van der Waals surface area contributed by atoms with Gasteiger partial charge < -0.3 is 25.2 Å². The summed E-state index contributed by atoms with van der Waals surface area (Å²) in [6.45, 7) is 8.46. The van der Waals surface area contributed by atoms with Gasteiger partial charge in [0.15, 0.2) is 0 Å². The maximum Gasteiger partial charge on any atom is 0.407 e. The van der Waals surface area contributed by atoms with Crippen molar-refractivity contribution in [2.45, 2.75) is 64.6 Å². The summed E-state index contributed by atoms with van der Waals surface area (Å²) >= 11 is 0. The van der Waals surface area contributed by atoms with Crippen LogP contribution >= 0.6 is 0 Å². The maximum atomic E-state index is 12.9. The van der Waals surface area contributed by atoms with Crippen molar-refractivity contribution in [1.82, 2.24) is 10.6 Å². The predicted octanol–water partition coefficient (Wildman–Crippen LogP) is 3.85. The number of carbonyl (C=O) groups excluding carboxylic acids is 3. The van der Waals surface area contributed by atoms with Crippen LogP contribution in [-0.4, -0.2) is 53.3 Å². The molecule has 0 heterocycles. The quantitative estimate of drug-likeness (QED) is 0.437. The van der Waals surface area contributed by atoms with E-state index in [1.54, 1.807) is 34.6 Å². The zero-order valence-electron chi connectivity index (χ0n) is 21.7. The van der Waals surface area contributed by atoms with Crippen LogP contribution in [0.15, 0.2) is 48.5 Å². The number of carbonyl (C=O) groups is 4. The third kappa shape index (κ3) is 7.09. The Morgan fingerprint density at radius 2 is 1.46 bits per heavy atom. The first-order valence-corrected chi connectivity index (χ1v) is 12.2. The van der Waals surface area contributed by atoms with Crippen LogP contribution in [0.3, 0.4) is 0 Å². The van der Waals surface area contributed by atoms with Gasteiger partial charge in [0.2, 0.25) is 5.91 Å². The third-order valence-corrected chi connectivity index (χ3v) is 5.97. The molecular weight excluding hydrogens is 476 g/mol. The first-order valence-electron chi connectivity index (χ1n) is 12.2. The maximum absolute atomic E-state index is 12.9. The van der Waals surface area contributed by atoms with Crippen LogP contribution in [0.1, 0.15) is 58.1 Å². The number of hydrogen-bond donors (Lipinski definition) is 3. The fourth-order valence-electron chi connectivity index (χ4n) is 4.31. The summed E-state index contributed by atoms with van der Waals surface area (Å²) in [6.07, 6.45) is -1.34. The Bertz CT molecular complexity index is 1120. The SMILES string of the molecule is CC(C)[C@H](NC(=O)OCC1c2ccccc2-c2ccccc21)C(=O)N[C@@H](CC(=O)OC(C)(C)C)C(=O)O. The minimum atomic E-state index is -1.51. The van der Waals surface area contributed by atoms with E-state index in [0.717, 1.165) is 22.3 Å². The average Bonchev–Trinajstić information content (AvgIpc) is 3.13. The molecule has 0 aromatic heterocycles. The lowest BCUT2D eigenvalue weighted by molar-refractivity contribution is -0.158. The van der Waals surface area contributed by atoms with Crippen molar-refractivity contribution in [3.05, 3.63) is 59.7 Å². The topological polar surface area (TPSA) is 131 Å². The van der Waals surface area contributed by atoms with Crippen LogP contribution in [0.25, 0.3) is 11.1 Å². The second kappa shape index (κ2) is 11.5. The number of esters is 1. The Kier molecular flexibility index (Phi) is 8.57. The number of alkyl carbamates (subject to hydrolysis) is 1. The van der Waals surface area contributed by atoms with Gasteiger partial charge in [0.1, 0.15) is 24.3 Å². The molecular formula is C28H34N2O7. The Balaban J connectivity index is 1.63. The van der Waals surface area contributed by atoms with Crippen molar-refractivity contribution in [2.24, 2.45) is 5.92 Å². The number of nitrogens with one attached hydrogen (secondary N) is 2. The van der Waals surface area contributed by atoms with Gasteiger partial charge in [0, 0.05) is 5.92 Å². The van der Waals surface area contributed by atoms with Gasteiger partial charge in [-0.05, 0) is 48.9 Å². The zero-order valence-corrected chi connectivity index (χ0v) is 21.7. The normalized spacial score (nSPS) is 14.2. The highest BCUT2D eigenvalue weighted by molar-refractivity contribution is 5.91. The Labute approximate surface area is 216 Å². The van der Waals surface area contributed by atoms with Gasteiger partial charge in [-0.3, -0.25) is 9.59 Å². The highest BCUT2D eigenvalue weighted by Crippen LogP contribution is 2.44. The van der Waals surface area contributed by atoms with Crippen molar-refractivity contribution in [3.8, 4) is 11.1 Å². The Hall–Kier alpha value is -3.88. The molecule has 0 saturated heterocycles. The van der Waals surface area contributed by atoms with Crippen molar-refractivity contribution in [1.29, 1.82) is 0 Å². The largest absolute Gasteiger partial charge is 0.480 e. The average molecular weight is 511 g/mol. The molecule has 2 amide bonds. The van der Waals surface area contributed by atoms with Crippen LogP contribution in [0, 0.1) is 5.92 Å². The molecule has 0 radical (unpaired) electrons. The van der Waals surface area contributed by atoms with E-state index in [1.165, 1.54) is 0 Å². The Morgan fingerprint density at radius 3 is 1.95 bits per heavy atom. The Morgan fingerprint density at radius 1 is 0.919 bits per heavy atom. The molecule has 2 aromatic rings. The van der Waals surface area contributed by atoms with Crippen LogP contribution in [0.5, 0.6) is 0 Å². The van der Waals surface area contributed by atoms with Crippen LogP contribution in [0.2, 0.25) is 0 Å². The van der Waals surface area contributed by atoms with Crippen molar-refractivity contribution < 1.29 is 33.8 Å². The summed E-state index contributed by atoms with van der Waals surface area (Å²) < 4.78 is 10.7. The van der Waals surface area contributed by atoms with Gasteiger partial charge >= 0.3 is 18.0 Å². The van der Waals surface area contributed by atoms with E-state index in [2.05, 4.69) is 10.6 Å². The number of fused-ring (bicyclic) bond motifs is 3. The first-order chi connectivity index (χ1) is 17.4. The second-order valence-corrected chi connectivity index (χ2v) is 10.4. The number of amides is 2. The molecule has 2 aromatic carbocycles. The number of ether oxygens (including phenoxy) is 2. The molecule has 9 heteroatoms. The van der Waals surface area contributed by atoms with E-state index < -0.39 is 48.0 Å². The van der Waals surface area contributed by atoms with Gasteiger partial charge in [-0.1, -0.05) is 62.4 Å². The van der Waals surface area contributed by atoms with Gasteiger partial charge in [-0.15, -0.1) is 0 Å². The lowest BCUT2D eigenvalue weighted by Crippen LogP contribution is -2.54. The summed E-state index contributed by atoms with van der Waals surface area (Å²) in [5.74, 6) is -3.40. The van der Waals surface area contributed by atoms with Crippen molar-refractivity contribution >= 4 is 23.9 Å². The van der Waals surface area contributed by atoms with Gasteiger partial charge in [0.25, 0.3) is 0 Å². The number of hydrogen-bond acceptors (Lipinski definition) is 6. The number of aliphatic carboxylic acids is 1. The fourth-order valence-corrected chi connectivity index (χ4v) is 4.31. The van der Waals surface area contributed by atoms with E-state index in [1.807, 2.05) is 48.5 Å². The smallest absolute Gasteiger partial charge is 0.407 e. The summed E-state index contributed by atoms with van der Waals surface area (Å²) in [7, 11) is 0. The number of carboxylic acids is 1. The molecule has 1 aliphatic carbocycles. The van der Waals surface area contributed by atoms with Gasteiger partial charge in [-0.2, -0.15) is 0 Å². The molecule has 198 valence electrons. The molecule has 2 atom stereocenters. The molecule has 37 heavy (non-hydrogen) atoms. The molecule has 0 aliphatic heterocycles. The van der Waals surface area contributed by atoms with E-state index in [9.17, 15) is 24.3 Å². The standard InChI is InChI=1S/C28H34N2O7/c1-16(2)24(25(32)29-22(26(33)34)14-23(31)37-28(3,4)5)30-27(35)36-15-21-19-12-8-6-10-17(19)18-11-7-9-13-20(18)21/h6-13,16,21-22,24H,14-15H2,1-5H3,(H,29,32)(H,30,35)(H,33,34)/t22-,24-/m0/s1. The van der Waals surface area contributed by atoms with E-state index in [4.69, 9.17) is 9.47 Å². The first kappa shape index (κ1) is 27.7. The molecule has 0 bridgehead atoms. The molecule has 0 unspecified atom stereocenters. The number of rotatable bonds is 9. The van der Waals surface area contributed by atoms with Crippen molar-refractivity contribution in [2.75, 3.05) is 6.61 Å². The molecule has 0 fully saturated rings. The zero-order chi connectivity index (χ0) is 27.3. The monoisotopic (exact) mass is 510 g/mol. The minimum Gasteiger partial charge on any atom is -0.480 e. The number of carboxylic acid groups (broad SMARTS) is 1. The van der Waals surface area contributed by atoms with E-state index in [-0.39, 0.29) is 18.4 Å². The summed E-state index contributed by atoms with van der Waals surface area (Å²) in [6, 6.07) is 13.3. The second-order valence-electron chi connectivity index (χ2n) is 10.4. The van der Waals surface area contributed by atoms with E-state index in [0.29, 0.717) is 0 Å². The molecule has 0 spiro atoms. The fraction of sp³-hybridized carbons (Fsp3) is 0.429. The van der Waals surface area contributed by atoms with E-state index >= 15 is 0 Å². The third-order valence-electron chi connectivity index (χ3n) is 5.97. The molecule has 3 N–H and O–H groups in total. The van der Waals surface area contributed by atoms with Crippen LogP contribution in [0.4, 0.5) is 4.79 Å². The summed E-state index contributed by atoms with van der Waals surface area (Å²) in [4.78, 5) is 49.3. The van der Waals surface area contributed by atoms with Gasteiger partial charge in [0.05, 0.1) is 6.42 Å². The molecule has 9 nitrogen and oxygen atoms in total. The van der Waals surface area contributed by atoms with Crippen molar-refractivity contribution in [3.63, 3.8) is 0 Å². The predicted molar refractivity (Wildman–Crippen MR) is 137 cm³/mol. The highest BCUT2D eigenvalue weighted by atomic mass is 16.6. The van der Waals surface area contributed by atoms with Crippen LogP contribution in [-0.2, 0) is 23.9 Å². The lowest BCUT2D eigenvalue weighted by atomic mass is 9.98. The van der Waals surface area contributed by atoms with Crippen LogP contribution < -0.4 is 10.6 Å². The summed E-state index contributed by atoms with van der Waals surface area (Å²) in [5.41, 5.74) is 3.51. The van der Waals surface area contributed by atoms with Gasteiger partial charge in [-0.25, -0.2) is 9.59 Å². The lowest BCUT2D eigenvalue weighted by Gasteiger charge is -2.25. The highest BCUT2D eigenvalue weighted by Gasteiger charge is 2.33. The molecule has 0 saturated carbocycles. The summed E-state index contributed by atoms with van der Waals surface area (Å²) in [5, 5.41) is 14.4. The number of benzene rings is 2. The molecule has 3 rings (SSSR count). The molecule has 1 aliphatic rings. The minimum absolute atomic E-state index is 0.0721.